The third kappa shape index (κ3) is 2.85. The van der Waals surface area contributed by atoms with Crippen molar-refractivity contribution in [2.24, 2.45) is 5.73 Å². The van der Waals surface area contributed by atoms with E-state index in [0.717, 1.165) is 17.9 Å². The van der Waals surface area contributed by atoms with Crippen molar-refractivity contribution in [1.82, 2.24) is 5.32 Å². The molecule has 1 aliphatic rings. The summed E-state index contributed by atoms with van der Waals surface area (Å²) in [6.07, 6.45) is 6.61. The molecule has 3 heteroatoms. The number of hydrogen-bond acceptors (Lipinski definition) is 2. The van der Waals surface area contributed by atoms with Crippen LogP contribution in [0.2, 0.25) is 5.02 Å². The van der Waals surface area contributed by atoms with Crippen LogP contribution in [0.25, 0.3) is 0 Å². The molecule has 1 aromatic rings. The molecule has 0 heterocycles. The highest BCUT2D eigenvalue weighted by molar-refractivity contribution is 6.30. The summed E-state index contributed by atoms with van der Waals surface area (Å²) >= 11 is 5.98. The van der Waals surface area contributed by atoms with Crippen LogP contribution in [0.3, 0.4) is 0 Å². The number of hydrogen-bond donors (Lipinski definition) is 2. The van der Waals surface area contributed by atoms with E-state index in [1.54, 1.807) is 0 Å². The molecule has 86 valence electrons. The first-order valence-corrected chi connectivity index (χ1v) is 6.04. The fraction of sp³-hybridized carbons (Fsp3) is 0.385. The molecule has 3 N–H and O–H groups in total. The first kappa shape index (κ1) is 11.6. The van der Waals surface area contributed by atoms with Gasteiger partial charge in [-0.15, -0.1) is 0 Å². The lowest BCUT2D eigenvalue weighted by Gasteiger charge is -2.22. The third-order valence-corrected chi connectivity index (χ3v) is 3.17. The molecular weight excluding hydrogens is 220 g/mol. The van der Waals surface area contributed by atoms with Gasteiger partial charge in [0.2, 0.25) is 0 Å². The first-order valence-electron chi connectivity index (χ1n) is 5.66. The van der Waals surface area contributed by atoms with Crippen molar-refractivity contribution in [1.29, 1.82) is 0 Å². The van der Waals surface area contributed by atoms with E-state index < -0.39 is 0 Å². The van der Waals surface area contributed by atoms with Gasteiger partial charge in [0.15, 0.2) is 0 Å². The zero-order chi connectivity index (χ0) is 11.4. The smallest absolute Gasteiger partial charge is 0.0447 e. The van der Waals surface area contributed by atoms with Crippen LogP contribution in [0.5, 0.6) is 0 Å². The van der Waals surface area contributed by atoms with Crippen molar-refractivity contribution in [3.63, 3.8) is 0 Å². The largest absolute Gasteiger partial charge is 0.329 e. The lowest BCUT2D eigenvalue weighted by atomic mass is 10.1. The van der Waals surface area contributed by atoms with Crippen LogP contribution in [-0.4, -0.2) is 12.6 Å². The predicted octanol–water partition coefficient (Wildman–Crippen LogP) is 2.65. The Morgan fingerprint density at radius 3 is 2.75 bits per heavy atom. The van der Waals surface area contributed by atoms with E-state index in [9.17, 15) is 0 Å². The van der Waals surface area contributed by atoms with Gasteiger partial charge in [0.05, 0.1) is 0 Å². The molecule has 0 bridgehead atoms. The second-order valence-electron chi connectivity index (χ2n) is 4.15. The summed E-state index contributed by atoms with van der Waals surface area (Å²) in [6.45, 7) is 0.594. The molecule has 1 unspecified atom stereocenters. The van der Waals surface area contributed by atoms with E-state index in [-0.39, 0.29) is 6.04 Å². The average Bonchev–Trinajstić information content (AvgIpc) is 2.78. The maximum absolute atomic E-state index is 5.98. The molecular formula is C13H17ClN2. The van der Waals surface area contributed by atoms with Gasteiger partial charge in [-0.3, -0.25) is 0 Å². The number of nitrogens with two attached hydrogens (primary N) is 1. The summed E-state index contributed by atoms with van der Waals surface area (Å²) in [6, 6.07) is 8.62. The third-order valence-electron chi connectivity index (χ3n) is 2.93. The van der Waals surface area contributed by atoms with Gasteiger partial charge >= 0.3 is 0 Å². The van der Waals surface area contributed by atoms with E-state index in [1.165, 1.54) is 5.56 Å². The van der Waals surface area contributed by atoms with E-state index in [4.69, 9.17) is 17.3 Å². The molecule has 0 fully saturated rings. The Morgan fingerprint density at radius 1 is 1.38 bits per heavy atom. The van der Waals surface area contributed by atoms with Gasteiger partial charge in [-0.2, -0.15) is 0 Å². The van der Waals surface area contributed by atoms with Gasteiger partial charge in [-0.05, 0) is 30.5 Å². The van der Waals surface area contributed by atoms with Crippen molar-refractivity contribution in [3.05, 3.63) is 47.0 Å². The predicted molar refractivity (Wildman–Crippen MR) is 68.5 cm³/mol. The molecule has 0 saturated carbocycles. The lowest BCUT2D eigenvalue weighted by Crippen LogP contribution is -2.35. The second-order valence-corrected chi connectivity index (χ2v) is 4.59. The van der Waals surface area contributed by atoms with E-state index >= 15 is 0 Å². The molecule has 0 aromatic heterocycles. The van der Waals surface area contributed by atoms with Crippen LogP contribution < -0.4 is 11.1 Å². The highest BCUT2D eigenvalue weighted by atomic mass is 35.5. The standard InChI is InChI=1S/C13H17ClN2/c14-11-5-3-4-10(8-11)13(9-15)16-12-6-1-2-7-12/h1-5,8,12-13,16H,6-7,9,15H2. The molecule has 0 spiro atoms. The Kier molecular flexibility index (Phi) is 3.99. The van der Waals surface area contributed by atoms with Crippen molar-refractivity contribution >= 4 is 11.6 Å². The minimum atomic E-state index is 0.198. The Morgan fingerprint density at radius 2 is 2.12 bits per heavy atom. The minimum absolute atomic E-state index is 0.198. The van der Waals surface area contributed by atoms with Gasteiger partial charge < -0.3 is 11.1 Å². The van der Waals surface area contributed by atoms with Gasteiger partial charge in [-0.25, -0.2) is 0 Å². The first-order chi connectivity index (χ1) is 7.79. The van der Waals surface area contributed by atoms with Crippen molar-refractivity contribution in [3.8, 4) is 0 Å². The average molecular weight is 237 g/mol. The van der Waals surface area contributed by atoms with Crippen molar-refractivity contribution < 1.29 is 0 Å². The SMILES string of the molecule is NCC(NC1CC=CC1)c1cccc(Cl)c1. The van der Waals surface area contributed by atoms with E-state index in [1.807, 2.05) is 18.2 Å². The number of benzene rings is 1. The molecule has 1 atom stereocenters. The van der Waals surface area contributed by atoms with Crippen LogP contribution in [0.15, 0.2) is 36.4 Å². The maximum Gasteiger partial charge on any atom is 0.0447 e. The van der Waals surface area contributed by atoms with Crippen molar-refractivity contribution in [2.75, 3.05) is 6.54 Å². The molecule has 2 rings (SSSR count). The topological polar surface area (TPSA) is 38.0 Å². The van der Waals surface area contributed by atoms with Crippen molar-refractivity contribution in [2.45, 2.75) is 24.9 Å². The number of nitrogens with one attached hydrogen (secondary N) is 1. The Balaban J connectivity index is 2.04. The molecule has 0 aliphatic heterocycles. The highest BCUT2D eigenvalue weighted by Gasteiger charge is 2.16. The molecule has 0 amide bonds. The van der Waals surface area contributed by atoms with E-state index in [0.29, 0.717) is 12.6 Å². The second kappa shape index (κ2) is 5.48. The zero-order valence-corrected chi connectivity index (χ0v) is 9.95. The van der Waals surface area contributed by atoms with Crippen LogP contribution in [0.1, 0.15) is 24.4 Å². The Labute approximate surface area is 101 Å². The minimum Gasteiger partial charge on any atom is -0.329 e. The molecule has 0 radical (unpaired) electrons. The monoisotopic (exact) mass is 236 g/mol. The molecule has 1 aromatic carbocycles. The zero-order valence-electron chi connectivity index (χ0n) is 9.20. The molecule has 0 saturated heterocycles. The van der Waals surface area contributed by atoms with Gasteiger partial charge in [-0.1, -0.05) is 35.9 Å². The summed E-state index contributed by atoms with van der Waals surface area (Å²) in [5.74, 6) is 0. The fourth-order valence-electron chi connectivity index (χ4n) is 2.06. The van der Waals surface area contributed by atoms with Gasteiger partial charge in [0.1, 0.15) is 0 Å². The normalized spacial score (nSPS) is 17.9. The summed E-state index contributed by atoms with van der Waals surface area (Å²) in [5.41, 5.74) is 6.98. The fourth-order valence-corrected chi connectivity index (χ4v) is 2.26. The summed E-state index contributed by atoms with van der Waals surface area (Å²) in [7, 11) is 0. The van der Waals surface area contributed by atoms with Crippen LogP contribution in [0.4, 0.5) is 0 Å². The van der Waals surface area contributed by atoms with Crippen LogP contribution >= 0.6 is 11.6 Å². The molecule has 1 aliphatic carbocycles. The molecule has 2 nitrogen and oxygen atoms in total. The highest BCUT2D eigenvalue weighted by Crippen LogP contribution is 2.20. The Hall–Kier alpha value is -0.830. The molecule has 16 heavy (non-hydrogen) atoms. The quantitative estimate of drug-likeness (QED) is 0.789. The number of halogens is 1. The van der Waals surface area contributed by atoms with Gasteiger partial charge in [0, 0.05) is 23.7 Å². The summed E-state index contributed by atoms with van der Waals surface area (Å²) in [4.78, 5) is 0. The summed E-state index contributed by atoms with van der Waals surface area (Å²) < 4.78 is 0. The van der Waals surface area contributed by atoms with E-state index in [2.05, 4.69) is 23.5 Å². The summed E-state index contributed by atoms with van der Waals surface area (Å²) in [5, 5.41) is 4.33. The van der Waals surface area contributed by atoms with Gasteiger partial charge in [0.25, 0.3) is 0 Å². The van der Waals surface area contributed by atoms with Crippen LogP contribution in [0, 0.1) is 0 Å². The van der Waals surface area contributed by atoms with Crippen LogP contribution in [-0.2, 0) is 0 Å². The maximum atomic E-state index is 5.98. The Bertz CT molecular complexity index is 368. The lowest BCUT2D eigenvalue weighted by molar-refractivity contribution is 0.453. The number of rotatable bonds is 4.